The van der Waals surface area contributed by atoms with Crippen LogP contribution in [0.5, 0.6) is 5.75 Å². The van der Waals surface area contributed by atoms with Gasteiger partial charge in [0.1, 0.15) is 11.8 Å². The van der Waals surface area contributed by atoms with E-state index in [1.807, 2.05) is 0 Å². The van der Waals surface area contributed by atoms with Gasteiger partial charge in [-0.1, -0.05) is 0 Å². The number of carboxylic acids is 1. The maximum Gasteiger partial charge on any atom is 0.320 e. The van der Waals surface area contributed by atoms with E-state index in [0.717, 1.165) is 12.8 Å². The zero-order chi connectivity index (χ0) is 15.4. The number of rotatable bonds is 8. The zero-order valence-electron chi connectivity index (χ0n) is 11.7. The lowest BCUT2D eigenvalue weighted by molar-refractivity contribution is -0.385. The van der Waals surface area contributed by atoms with Crippen molar-refractivity contribution in [1.82, 2.24) is 5.32 Å². The fourth-order valence-corrected chi connectivity index (χ4v) is 2.03. The van der Waals surface area contributed by atoms with Gasteiger partial charge in [0.05, 0.1) is 11.5 Å². The number of nitro benzene ring substituents is 1. The van der Waals surface area contributed by atoms with E-state index < -0.39 is 16.9 Å². The minimum Gasteiger partial charge on any atom is -0.494 e. The third-order valence-electron chi connectivity index (χ3n) is 3.35. The lowest BCUT2D eigenvalue weighted by atomic mass is 10.2. The molecule has 1 aliphatic rings. The molecule has 1 aliphatic carbocycles. The van der Waals surface area contributed by atoms with E-state index in [9.17, 15) is 14.9 Å². The first-order valence-electron chi connectivity index (χ1n) is 6.84. The third-order valence-corrected chi connectivity index (χ3v) is 3.35. The molecular weight excluding hydrogens is 276 g/mol. The van der Waals surface area contributed by atoms with Crippen LogP contribution in [-0.4, -0.2) is 34.7 Å². The lowest BCUT2D eigenvalue weighted by Gasteiger charge is -2.14. The van der Waals surface area contributed by atoms with Gasteiger partial charge in [-0.2, -0.15) is 0 Å². The van der Waals surface area contributed by atoms with Crippen LogP contribution in [0.15, 0.2) is 18.2 Å². The van der Waals surface area contributed by atoms with Crippen molar-refractivity contribution in [1.29, 1.82) is 0 Å². The van der Waals surface area contributed by atoms with Gasteiger partial charge in [0.2, 0.25) is 0 Å². The molecule has 7 nitrogen and oxygen atoms in total. The molecule has 0 bridgehead atoms. The fraction of sp³-hybridized carbons (Fsp3) is 0.500. The maximum absolute atomic E-state index is 11.1. The smallest absolute Gasteiger partial charge is 0.320 e. The highest BCUT2D eigenvalue weighted by Gasteiger charge is 2.28. The first-order valence-corrected chi connectivity index (χ1v) is 6.84. The molecule has 1 aromatic carbocycles. The van der Waals surface area contributed by atoms with Gasteiger partial charge in [-0.25, -0.2) is 0 Å². The van der Waals surface area contributed by atoms with Gasteiger partial charge in [-0.3, -0.25) is 14.9 Å². The molecule has 0 amide bonds. The normalized spacial score (nSPS) is 15.5. The van der Waals surface area contributed by atoms with E-state index in [2.05, 4.69) is 5.32 Å². The van der Waals surface area contributed by atoms with Gasteiger partial charge < -0.3 is 15.2 Å². The van der Waals surface area contributed by atoms with Crippen LogP contribution in [-0.2, 0) is 4.79 Å². The lowest BCUT2D eigenvalue weighted by Crippen LogP contribution is -2.39. The number of hydrogen-bond donors (Lipinski definition) is 2. The topological polar surface area (TPSA) is 102 Å². The minimum atomic E-state index is -0.884. The van der Waals surface area contributed by atoms with Gasteiger partial charge in [-0.05, 0) is 31.9 Å². The van der Waals surface area contributed by atoms with Crippen molar-refractivity contribution in [3.63, 3.8) is 0 Å². The average Bonchev–Trinajstić information content (AvgIpc) is 3.21. The molecule has 7 heteroatoms. The third kappa shape index (κ3) is 4.42. The second-order valence-electron chi connectivity index (χ2n) is 5.17. The second-order valence-corrected chi connectivity index (χ2v) is 5.17. The van der Waals surface area contributed by atoms with Crippen LogP contribution in [0.1, 0.15) is 24.8 Å². The summed E-state index contributed by atoms with van der Waals surface area (Å²) in [6, 6.07) is 4.20. The van der Waals surface area contributed by atoms with E-state index >= 15 is 0 Å². The van der Waals surface area contributed by atoms with Gasteiger partial charge in [0, 0.05) is 24.1 Å². The van der Waals surface area contributed by atoms with Crippen LogP contribution in [0.3, 0.4) is 0 Å². The van der Waals surface area contributed by atoms with Crippen molar-refractivity contribution in [3.05, 3.63) is 33.9 Å². The molecule has 1 atom stereocenters. The standard InChI is InChI=1S/C14H18N2O5/c1-9-8-11(4-5-13(9)16(19)20)21-7-6-12(14(17)18)15-10-2-3-10/h4-5,8,10,12,15H,2-3,6-7H2,1H3,(H,17,18). The summed E-state index contributed by atoms with van der Waals surface area (Å²) in [4.78, 5) is 21.4. The molecule has 21 heavy (non-hydrogen) atoms. The van der Waals surface area contributed by atoms with E-state index in [-0.39, 0.29) is 12.3 Å². The largest absolute Gasteiger partial charge is 0.494 e. The molecule has 0 saturated heterocycles. The Labute approximate surface area is 122 Å². The Hall–Kier alpha value is -2.15. The van der Waals surface area contributed by atoms with Crippen LogP contribution in [0, 0.1) is 17.0 Å². The highest BCUT2D eigenvalue weighted by molar-refractivity contribution is 5.73. The Morgan fingerprint density at radius 1 is 1.57 bits per heavy atom. The number of nitro groups is 1. The van der Waals surface area contributed by atoms with Crippen LogP contribution < -0.4 is 10.1 Å². The van der Waals surface area contributed by atoms with E-state index in [1.54, 1.807) is 13.0 Å². The van der Waals surface area contributed by atoms with E-state index in [1.165, 1.54) is 12.1 Å². The van der Waals surface area contributed by atoms with Crippen LogP contribution >= 0.6 is 0 Å². The van der Waals surface area contributed by atoms with Crippen LogP contribution in [0.25, 0.3) is 0 Å². The van der Waals surface area contributed by atoms with Crippen LogP contribution in [0.2, 0.25) is 0 Å². The summed E-state index contributed by atoms with van der Waals surface area (Å²) in [7, 11) is 0. The van der Waals surface area contributed by atoms with Gasteiger partial charge in [-0.15, -0.1) is 0 Å². The molecule has 1 aromatic rings. The maximum atomic E-state index is 11.1. The number of aryl methyl sites for hydroxylation is 1. The molecule has 0 aliphatic heterocycles. The molecule has 0 aromatic heterocycles. The Morgan fingerprint density at radius 2 is 2.29 bits per heavy atom. The number of ether oxygens (including phenoxy) is 1. The Balaban J connectivity index is 1.85. The first-order chi connectivity index (χ1) is 9.97. The average molecular weight is 294 g/mol. The van der Waals surface area contributed by atoms with Crippen molar-refractivity contribution in [2.45, 2.75) is 38.3 Å². The predicted molar refractivity (Wildman–Crippen MR) is 75.5 cm³/mol. The highest BCUT2D eigenvalue weighted by atomic mass is 16.6. The molecule has 0 heterocycles. The van der Waals surface area contributed by atoms with Crippen molar-refractivity contribution in [2.24, 2.45) is 0 Å². The summed E-state index contributed by atoms with van der Waals surface area (Å²) in [6.07, 6.45) is 2.39. The molecule has 1 unspecified atom stereocenters. The zero-order valence-corrected chi connectivity index (χ0v) is 11.7. The van der Waals surface area contributed by atoms with Crippen LogP contribution in [0.4, 0.5) is 5.69 Å². The molecule has 0 radical (unpaired) electrons. The van der Waals surface area contributed by atoms with Crippen molar-refractivity contribution >= 4 is 11.7 Å². The number of benzene rings is 1. The molecule has 1 saturated carbocycles. The molecule has 2 rings (SSSR count). The number of carbonyl (C=O) groups is 1. The molecule has 0 spiro atoms. The van der Waals surface area contributed by atoms with Crippen molar-refractivity contribution in [2.75, 3.05) is 6.61 Å². The highest BCUT2D eigenvalue weighted by Crippen LogP contribution is 2.23. The number of carboxylic acid groups (broad SMARTS) is 1. The number of aliphatic carboxylic acids is 1. The Bertz CT molecular complexity index is 542. The molecule has 114 valence electrons. The van der Waals surface area contributed by atoms with Gasteiger partial charge in [0.15, 0.2) is 0 Å². The quantitative estimate of drug-likeness (QED) is 0.560. The summed E-state index contributed by atoms with van der Waals surface area (Å²) in [5.41, 5.74) is 0.560. The predicted octanol–water partition coefficient (Wildman–Crippen LogP) is 1.88. The SMILES string of the molecule is Cc1cc(OCCC(NC2CC2)C(=O)O)ccc1[N+](=O)[O-]. The molecular formula is C14H18N2O5. The van der Waals surface area contributed by atoms with Crippen molar-refractivity contribution < 1.29 is 19.6 Å². The minimum absolute atomic E-state index is 0.0427. The van der Waals surface area contributed by atoms with Gasteiger partial charge in [0.25, 0.3) is 5.69 Å². The summed E-state index contributed by atoms with van der Waals surface area (Å²) < 4.78 is 5.48. The summed E-state index contributed by atoms with van der Waals surface area (Å²) in [6.45, 7) is 1.88. The Morgan fingerprint density at radius 3 is 2.81 bits per heavy atom. The Kier molecular flexibility index (Phi) is 4.74. The molecule has 1 fully saturated rings. The molecule has 2 N–H and O–H groups in total. The second kappa shape index (κ2) is 6.53. The number of nitrogens with zero attached hydrogens (tertiary/aromatic N) is 1. The van der Waals surface area contributed by atoms with E-state index in [4.69, 9.17) is 9.84 Å². The fourth-order valence-electron chi connectivity index (χ4n) is 2.03. The van der Waals surface area contributed by atoms with Crippen molar-refractivity contribution in [3.8, 4) is 5.75 Å². The number of hydrogen-bond acceptors (Lipinski definition) is 5. The number of nitrogens with one attached hydrogen (secondary N) is 1. The first kappa shape index (κ1) is 15.2. The summed E-state index contributed by atoms with van der Waals surface area (Å²) in [5, 5.41) is 22.9. The summed E-state index contributed by atoms with van der Waals surface area (Å²) >= 11 is 0. The van der Waals surface area contributed by atoms with Gasteiger partial charge >= 0.3 is 5.97 Å². The summed E-state index contributed by atoms with van der Waals surface area (Å²) in [5.74, 6) is -0.376. The monoisotopic (exact) mass is 294 g/mol. The van der Waals surface area contributed by atoms with E-state index in [0.29, 0.717) is 23.8 Å².